The van der Waals surface area contributed by atoms with E-state index in [1.165, 1.54) is 37.5 Å². The summed E-state index contributed by atoms with van der Waals surface area (Å²) in [6, 6.07) is 15.8. The van der Waals surface area contributed by atoms with Gasteiger partial charge in [-0.25, -0.2) is 9.59 Å². The van der Waals surface area contributed by atoms with Gasteiger partial charge in [-0.2, -0.15) is 5.26 Å². The van der Waals surface area contributed by atoms with Crippen molar-refractivity contribution in [2.45, 2.75) is 6.92 Å². The first kappa shape index (κ1) is 22.1. The fourth-order valence-electron chi connectivity index (χ4n) is 2.98. The Kier molecular flexibility index (Phi) is 6.51. The SMILES string of the molecule is COC(=O)c1ccc(-c2ccc(C=C(C#N)C(=O)Nc3cccc(C(=O)O)c3)o2)c(C)c1. The van der Waals surface area contributed by atoms with Crippen LogP contribution in [0.3, 0.4) is 0 Å². The van der Waals surface area contributed by atoms with E-state index in [9.17, 15) is 19.6 Å². The molecule has 1 heterocycles. The minimum atomic E-state index is -1.13. The zero-order valence-electron chi connectivity index (χ0n) is 17.2. The molecule has 0 fully saturated rings. The number of nitrogens with one attached hydrogen (secondary N) is 1. The molecule has 8 nitrogen and oxygen atoms in total. The van der Waals surface area contributed by atoms with Crippen molar-refractivity contribution in [3.63, 3.8) is 0 Å². The fraction of sp³-hybridized carbons (Fsp3) is 0.0833. The number of amides is 1. The predicted molar refractivity (Wildman–Crippen MR) is 116 cm³/mol. The van der Waals surface area contributed by atoms with Gasteiger partial charge >= 0.3 is 11.9 Å². The van der Waals surface area contributed by atoms with Crippen LogP contribution >= 0.6 is 0 Å². The number of benzene rings is 2. The minimum absolute atomic E-state index is 0.00884. The van der Waals surface area contributed by atoms with Gasteiger partial charge in [0.1, 0.15) is 23.2 Å². The molecule has 0 spiro atoms. The maximum absolute atomic E-state index is 12.5. The molecule has 2 N–H and O–H groups in total. The zero-order valence-corrected chi connectivity index (χ0v) is 17.2. The highest BCUT2D eigenvalue weighted by Crippen LogP contribution is 2.27. The van der Waals surface area contributed by atoms with Crippen LogP contribution in [0.25, 0.3) is 17.4 Å². The quantitative estimate of drug-likeness (QED) is 0.339. The fourth-order valence-corrected chi connectivity index (χ4v) is 2.98. The molecule has 8 heteroatoms. The van der Waals surface area contributed by atoms with Crippen LogP contribution in [0.2, 0.25) is 0 Å². The molecular formula is C24H18N2O6. The number of rotatable bonds is 6. The summed E-state index contributed by atoms with van der Waals surface area (Å²) in [5.74, 6) is -1.50. The van der Waals surface area contributed by atoms with Gasteiger partial charge in [0.15, 0.2) is 0 Å². The van der Waals surface area contributed by atoms with E-state index in [4.69, 9.17) is 14.3 Å². The van der Waals surface area contributed by atoms with Crippen molar-refractivity contribution in [3.05, 3.63) is 82.6 Å². The van der Waals surface area contributed by atoms with Crippen LogP contribution in [0.4, 0.5) is 5.69 Å². The average molecular weight is 430 g/mol. The number of carbonyl (C=O) groups excluding carboxylic acids is 2. The molecule has 0 bridgehead atoms. The number of ether oxygens (including phenoxy) is 1. The summed E-state index contributed by atoms with van der Waals surface area (Å²) in [6.45, 7) is 1.82. The first-order chi connectivity index (χ1) is 15.3. The number of anilines is 1. The third kappa shape index (κ3) is 4.91. The Morgan fingerprint density at radius 1 is 1.09 bits per heavy atom. The van der Waals surface area contributed by atoms with Gasteiger partial charge < -0.3 is 19.6 Å². The lowest BCUT2D eigenvalue weighted by Crippen LogP contribution is -2.13. The molecule has 3 rings (SSSR count). The van der Waals surface area contributed by atoms with Crippen molar-refractivity contribution in [2.75, 3.05) is 12.4 Å². The number of nitrogens with zero attached hydrogens (tertiary/aromatic N) is 1. The van der Waals surface area contributed by atoms with Crippen LogP contribution in [0.1, 0.15) is 32.0 Å². The highest BCUT2D eigenvalue weighted by Gasteiger charge is 2.14. The number of carboxylic acid groups (broad SMARTS) is 1. The highest BCUT2D eigenvalue weighted by atomic mass is 16.5. The molecule has 160 valence electrons. The molecule has 0 unspecified atom stereocenters. The van der Waals surface area contributed by atoms with Gasteiger partial charge in [0, 0.05) is 17.3 Å². The number of hydrogen-bond acceptors (Lipinski definition) is 6. The molecule has 0 saturated heterocycles. The number of furan rings is 1. The molecule has 0 aliphatic carbocycles. The second kappa shape index (κ2) is 9.45. The molecular weight excluding hydrogens is 412 g/mol. The summed E-state index contributed by atoms with van der Waals surface area (Å²) in [7, 11) is 1.31. The van der Waals surface area contributed by atoms with Crippen LogP contribution < -0.4 is 5.32 Å². The molecule has 3 aromatic rings. The Bertz CT molecular complexity index is 1280. The Hall–Kier alpha value is -4.64. The second-order valence-electron chi connectivity index (χ2n) is 6.73. The van der Waals surface area contributed by atoms with E-state index >= 15 is 0 Å². The summed E-state index contributed by atoms with van der Waals surface area (Å²) in [5, 5.41) is 20.9. The number of methoxy groups -OCH3 is 1. The van der Waals surface area contributed by atoms with Crippen LogP contribution in [-0.4, -0.2) is 30.1 Å². The summed E-state index contributed by atoms with van der Waals surface area (Å²) >= 11 is 0. The highest BCUT2D eigenvalue weighted by molar-refractivity contribution is 6.09. The van der Waals surface area contributed by atoms with Crippen molar-refractivity contribution >= 4 is 29.6 Å². The summed E-state index contributed by atoms with van der Waals surface area (Å²) in [6.07, 6.45) is 1.29. The average Bonchev–Trinajstić information content (AvgIpc) is 3.25. The van der Waals surface area contributed by atoms with Gasteiger partial charge in [-0.1, -0.05) is 12.1 Å². The number of hydrogen-bond donors (Lipinski definition) is 2. The Labute approximate surface area is 183 Å². The van der Waals surface area contributed by atoms with E-state index in [1.54, 1.807) is 30.3 Å². The third-order valence-corrected chi connectivity index (χ3v) is 4.56. The monoisotopic (exact) mass is 430 g/mol. The van der Waals surface area contributed by atoms with Crippen molar-refractivity contribution in [1.29, 1.82) is 5.26 Å². The zero-order chi connectivity index (χ0) is 23.3. The van der Waals surface area contributed by atoms with E-state index in [-0.39, 0.29) is 22.6 Å². The molecule has 0 aliphatic heterocycles. The molecule has 0 radical (unpaired) electrons. The maximum atomic E-state index is 12.5. The van der Waals surface area contributed by atoms with Crippen molar-refractivity contribution < 1.29 is 28.6 Å². The minimum Gasteiger partial charge on any atom is -0.478 e. The number of esters is 1. The van der Waals surface area contributed by atoms with Crippen molar-refractivity contribution in [3.8, 4) is 17.4 Å². The summed E-state index contributed by atoms with van der Waals surface area (Å²) in [4.78, 5) is 35.2. The second-order valence-corrected chi connectivity index (χ2v) is 6.73. The van der Waals surface area contributed by atoms with Crippen LogP contribution in [0, 0.1) is 18.3 Å². The Balaban J connectivity index is 1.82. The maximum Gasteiger partial charge on any atom is 0.337 e. The molecule has 0 aliphatic rings. The molecule has 1 amide bonds. The van der Waals surface area contributed by atoms with E-state index in [0.717, 1.165) is 11.1 Å². The number of carboxylic acids is 1. The van der Waals surface area contributed by atoms with Crippen molar-refractivity contribution in [1.82, 2.24) is 0 Å². The van der Waals surface area contributed by atoms with Gasteiger partial charge in [0.25, 0.3) is 5.91 Å². The van der Waals surface area contributed by atoms with Crippen molar-refractivity contribution in [2.24, 2.45) is 0 Å². The lowest BCUT2D eigenvalue weighted by Gasteiger charge is -2.06. The van der Waals surface area contributed by atoms with Gasteiger partial charge in [0.2, 0.25) is 0 Å². The third-order valence-electron chi connectivity index (χ3n) is 4.56. The van der Waals surface area contributed by atoms with E-state index in [2.05, 4.69) is 5.32 Å². The van der Waals surface area contributed by atoms with Crippen LogP contribution in [0.15, 0.2) is 64.6 Å². The molecule has 0 atom stereocenters. The topological polar surface area (TPSA) is 130 Å². The standard InChI is InChI=1S/C24H18N2O6/c1-14-10-16(24(30)31-2)6-8-20(14)21-9-7-19(32-21)12-17(13-25)22(27)26-18-5-3-4-15(11-18)23(28)29/h3-12H,1-2H3,(H,26,27)(H,28,29). The number of aryl methyl sites for hydroxylation is 1. The smallest absolute Gasteiger partial charge is 0.337 e. The summed E-state index contributed by atoms with van der Waals surface area (Å²) < 4.78 is 10.5. The lowest BCUT2D eigenvalue weighted by atomic mass is 10.0. The Morgan fingerprint density at radius 2 is 1.88 bits per heavy atom. The largest absolute Gasteiger partial charge is 0.478 e. The number of carbonyl (C=O) groups is 3. The van der Waals surface area contributed by atoms with Gasteiger partial charge in [-0.3, -0.25) is 4.79 Å². The lowest BCUT2D eigenvalue weighted by molar-refractivity contribution is -0.112. The first-order valence-corrected chi connectivity index (χ1v) is 9.38. The van der Waals surface area contributed by atoms with Crippen LogP contribution in [-0.2, 0) is 9.53 Å². The van der Waals surface area contributed by atoms with Crippen LogP contribution in [0.5, 0.6) is 0 Å². The van der Waals surface area contributed by atoms with Gasteiger partial charge in [-0.05, 0) is 55.0 Å². The molecule has 32 heavy (non-hydrogen) atoms. The molecule has 0 saturated carbocycles. The first-order valence-electron chi connectivity index (χ1n) is 9.38. The number of nitriles is 1. The molecule has 2 aromatic carbocycles. The van der Waals surface area contributed by atoms with E-state index < -0.39 is 17.8 Å². The van der Waals surface area contributed by atoms with E-state index in [1.807, 2.05) is 13.0 Å². The Morgan fingerprint density at radius 3 is 2.53 bits per heavy atom. The van der Waals surface area contributed by atoms with Gasteiger partial charge in [-0.15, -0.1) is 0 Å². The molecule has 1 aromatic heterocycles. The van der Waals surface area contributed by atoms with E-state index in [0.29, 0.717) is 11.3 Å². The summed E-state index contributed by atoms with van der Waals surface area (Å²) in [5.41, 5.74) is 1.98. The normalized spacial score (nSPS) is 10.8. The number of aromatic carboxylic acids is 1. The van der Waals surface area contributed by atoms with Gasteiger partial charge in [0.05, 0.1) is 18.2 Å². The predicted octanol–water partition coefficient (Wildman–Crippen LogP) is 4.29.